The molecular formula is C14H20N4O2. The van der Waals surface area contributed by atoms with Crippen LogP contribution in [-0.2, 0) is 4.79 Å². The van der Waals surface area contributed by atoms with E-state index in [1.165, 1.54) is 0 Å². The molecule has 0 spiro atoms. The summed E-state index contributed by atoms with van der Waals surface area (Å²) in [5, 5.41) is 3.08. The lowest BCUT2D eigenvalue weighted by Crippen LogP contribution is -2.58. The van der Waals surface area contributed by atoms with E-state index in [4.69, 9.17) is 5.73 Å². The first-order chi connectivity index (χ1) is 9.50. The van der Waals surface area contributed by atoms with Crippen molar-refractivity contribution in [3.8, 4) is 0 Å². The minimum Gasteiger partial charge on any atom is -0.378 e. The third-order valence-electron chi connectivity index (χ3n) is 3.46. The van der Waals surface area contributed by atoms with E-state index in [2.05, 4.69) is 5.32 Å². The van der Waals surface area contributed by atoms with Crippen molar-refractivity contribution in [2.45, 2.75) is 6.04 Å². The molecule has 2 rings (SSSR count). The molecule has 0 bridgehead atoms. The van der Waals surface area contributed by atoms with Crippen LogP contribution < -0.4 is 16.0 Å². The number of hydrogen-bond donors (Lipinski definition) is 2. The molecule has 1 aliphatic rings. The number of hydrogen-bond acceptors (Lipinski definition) is 4. The van der Waals surface area contributed by atoms with Gasteiger partial charge in [0, 0.05) is 45.0 Å². The topological polar surface area (TPSA) is 78.7 Å². The van der Waals surface area contributed by atoms with Crippen molar-refractivity contribution in [3.63, 3.8) is 0 Å². The molecule has 1 saturated heterocycles. The smallest absolute Gasteiger partial charge is 0.254 e. The Morgan fingerprint density at radius 1 is 1.30 bits per heavy atom. The standard InChI is InChI=1S/C14H20N4O2/c1-17(2)11-5-3-10(4-6-11)14(20)18-8-7-16-9-12(18)13(15)19/h3-6,12,16H,7-9H2,1-2H3,(H2,15,19). The molecule has 0 aliphatic carbocycles. The van der Waals surface area contributed by atoms with Gasteiger partial charge in [0.2, 0.25) is 5.91 Å². The summed E-state index contributed by atoms with van der Waals surface area (Å²) in [7, 11) is 3.88. The Balaban J connectivity index is 2.18. The maximum absolute atomic E-state index is 12.5. The Hall–Kier alpha value is -2.08. The lowest BCUT2D eigenvalue weighted by Gasteiger charge is -2.34. The first-order valence-corrected chi connectivity index (χ1v) is 6.59. The van der Waals surface area contributed by atoms with Gasteiger partial charge in [-0.25, -0.2) is 0 Å². The van der Waals surface area contributed by atoms with Gasteiger partial charge in [0.05, 0.1) is 0 Å². The van der Waals surface area contributed by atoms with Crippen LogP contribution in [0.4, 0.5) is 5.69 Å². The number of carbonyl (C=O) groups is 2. The SMILES string of the molecule is CN(C)c1ccc(C(=O)N2CCNCC2C(N)=O)cc1. The predicted octanol–water partition coefficient (Wildman–Crippen LogP) is -0.348. The summed E-state index contributed by atoms with van der Waals surface area (Å²) in [5.74, 6) is -0.629. The fourth-order valence-electron chi connectivity index (χ4n) is 2.27. The number of nitrogens with one attached hydrogen (secondary N) is 1. The molecule has 6 nitrogen and oxygen atoms in total. The van der Waals surface area contributed by atoms with E-state index in [1.807, 2.05) is 31.1 Å². The van der Waals surface area contributed by atoms with Crippen LogP contribution in [0, 0.1) is 0 Å². The van der Waals surface area contributed by atoms with E-state index in [9.17, 15) is 9.59 Å². The number of nitrogens with zero attached hydrogens (tertiary/aromatic N) is 2. The Bertz CT molecular complexity index is 498. The van der Waals surface area contributed by atoms with Crippen molar-refractivity contribution in [2.24, 2.45) is 5.73 Å². The van der Waals surface area contributed by atoms with E-state index < -0.39 is 11.9 Å². The van der Waals surface area contributed by atoms with Gasteiger partial charge in [-0.05, 0) is 24.3 Å². The molecule has 1 heterocycles. The highest BCUT2D eigenvalue weighted by atomic mass is 16.2. The molecule has 108 valence electrons. The van der Waals surface area contributed by atoms with Crippen LogP contribution in [0.5, 0.6) is 0 Å². The third-order valence-corrected chi connectivity index (χ3v) is 3.46. The largest absolute Gasteiger partial charge is 0.378 e. The van der Waals surface area contributed by atoms with E-state index >= 15 is 0 Å². The van der Waals surface area contributed by atoms with E-state index in [0.717, 1.165) is 5.69 Å². The van der Waals surface area contributed by atoms with Gasteiger partial charge in [-0.3, -0.25) is 9.59 Å². The number of rotatable bonds is 3. The van der Waals surface area contributed by atoms with E-state index in [-0.39, 0.29) is 5.91 Å². The fourth-order valence-corrected chi connectivity index (χ4v) is 2.27. The minimum absolute atomic E-state index is 0.152. The number of anilines is 1. The van der Waals surface area contributed by atoms with Crippen molar-refractivity contribution in [2.75, 3.05) is 38.6 Å². The molecule has 1 aromatic carbocycles. The molecule has 0 saturated carbocycles. The molecular weight excluding hydrogens is 256 g/mol. The molecule has 1 fully saturated rings. The normalized spacial score (nSPS) is 18.7. The zero-order valence-electron chi connectivity index (χ0n) is 11.8. The van der Waals surface area contributed by atoms with Crippen LogP contribution in [0.15, 0.2) is 24.3 Å². The molecule has 1 aliphatic heterocycles. The Kier molecular flexibility index (Phi) is 4.24. The van der Waals surface area contributed by atoms with Crippen molar-refractivity contribution in [1.82, 2.24) is 10.2 Å². The summed E-state index contributed by atoms with van der Waals surface area (Å²) in [5.41, 5.74) is 6.95. The average molecular weight is 276 g/mol. The van der Waals surface area contributed by atoms with Gasteiger partial charge in [-0.2, -0.15) is 0 Å². The van der Waals surface area contributed by atoms with Crippen LogP contribution in [0.1, 0.15) is 10.4 Å². The van der Waals surface area contributed by atoms with Gasteiger partial charge in [0.25, 0.3) is 5.91 Å². The molecule has 6 heteroatoms. The molecule has 0 radical (unpaired) electrons. The maximum atomic E-state index is 12.5. The summed E-state index contributed by atoms with van der Waals surface area (Å²) in [6, 6.07) is 6.74. The van der Waals surface area contributed by atoms with Gasteiger partial charge < -0.3 is 20.9 Å². The quantitative estimate of drug-likeness (QED) is 0.791. The van der Waals surface area contributed by atoms with Crippen molar-refractivity contribution < 1.29 is 9.59 Å². The second kappa shape index (κ2) is 5.92. The molecule has 20 heavy (non-hydrogen) atoms. The Morgan fingerprint density at radius 2 is 1.95 bits per heavy atom. The van der Waals surface area contributed by atoms with Gasteiger partial charge in [0.15, 0.2) is 0 Å². The summed E-state index contributed by atoms with van der Waals surface area (Å²) >= 11 is 0. The molecule has 2 amide bonds. The van der Waals surface area contributed by atoms with E-state index in [0.29, 0.717) is 25.2 Å². The van der Waals surface area contributed by atoms with Crippen LogP contribution in [-0.4, -0.2) is 56.5 Å². The predicted molar refractivity (Wildman–Crippen MR) is 77.7 cm³/mol. The Morgan fingerprint density at radius 3 is 2.50 bits per heavy atom. The summed E-state index contributed by atoms with van der Waals surface area (Å²) in [6.07, 6.45) is 0. The van der Waals surface area contributed by atoms with Crippen LogP contribution >= 0.6 is 0 Å². The first kappa shape index (κ1) is 14.3. The molecule has 1 atom stereocenters. The monoisotopic (exact) mass is 276 g/mol. The Labute approximate surface area is 118 Å². The van der Waals surface area contributed by atoms with Gasteiger partial charge in [0.1, 0.15) is 6.04 Å². The van der Waals surface area contributed by atoms with Crippen LogP contribution in [0.2, 0.25) is 0 Å². The number of carbonyl (C=O) groups excluding carboxylic acids is 2. The third kappa shape index (κ3) is 2.91. The highest BCUT2D eigenvalue weighted by molar-refractivity contribution is 5.97. The number of primary amides is 1. The minimum atomic E-state index is -0.579. The number of amides is 2. The second-order valence-corrected chi connectivity index (χ2v) is 5.06. The van der Waals surface area contributed by atoms with Crippen molar-refractivity contribution >= 4 is 17.5 Å². The van der Waals surface area contributed by atoms with Crippen LogP contribution in [0.3, 0.4) is 0 Å². The highest BCUT2D eigenvalue weighted by Gasteiger charge is 2.31. The van der Waals surface area contributed by atoms with Crippen LogP contribution in [0.25, 0.3) is 0 Å². The molecule has 0 aromatic heterocycles. The summed E-state index contributed by atoms with van der Waals surface area (Å²) in [4.78, 5) is 27.4. The number of benzene rings is 1. The second-order valence-electron chi connectivity index (χ2n) is 5.06. The van der Waals surface area contributed by atoms with E-state index in [1.54, 1.807) is 17.0 Å². The lowest BCUT2D eigenvalue weighted by molar-refractivity contribution is -0.122. The van der Waals surface area contributed by atoms with Gasteiger partial charge >= 0.3 is 0 Å². The zero-order chi connectivity index (χ0) is 14.7. The number of piperazine rings is 1. The molecule has 3 N–H and O–H groups in total. The fraction of sp³-hybridized carbons (Fsp3) is 0.429. The molecule has 1 unspecified atom stereocenters. The zero-order valence-corrected chi connectivity index (χ0v) is 11.8. The van der Waals surface area contributed by atoms with Gasteiger partial charge in [-0.1, -0.05) is 0 Å². The number of nitrogens with two attached hydrogens (primary N) is 1. The summed E-state index contributed by atoms with van der Waals surface area (Å²) in [6.45, 7) is 1.57. The maximum Gasteiger partial charge on any atom is 0.254 e. The molecule has 1 aromatic rings. The van der Waals surface area contributed by atoms with Crippen molar-refractivity contribution in [1.29, 1.82) is 0 Å². The highest BCUT2D eigenvalue weighted by Crippen LogP contribution is 2.15. The lowest BCUT2D eigenvalue weighted by atomic mass is 10.1. The van der Waals surface area contributed by atoms with Crippen molar-refractivity contribution in [3.05, 3.63) is 29.8 Å². The first-order valence-electron chi connectivity index (χ1n) is 6.59. The summed E-state index contributed by atoms with van der Waals surface area (Å²) < 4.78 is 0. The average Bonchev–Trinajstić information content (AvgIpc) is 2.46. The van der Waals surface area contributed by atoms with Gasteiger partial charge in [-0.15, -0.1) is 0 Å².